The van der Waals surface area contributed by atoms with Crippen LogP contribution in [-0.4, -0.2) is 42.9 Å². The first-order valence-corrected chi connectivity index (χ1v) is 10.6. The third-order valence-corrected chi connectivity index (χ3v) is 6.26. The Balaban J connectivity index is 1.89. The van der Waals surface area contributed by atoms with Gasteiger partial charge in [0.15, 0.2) is 5.58 Å². The molecule has 8 nitrogen and oxygen atoms in total. The molecular formula is C18H25N3O5S. The van der Waals surface area contributed by atoms with Gasteiger partial charge < -0.3 is 9.32 Å². The molecule has 1 fully saturated rings. The topological polar surface area (TPSA) is 102 Å². The Hall–Kier alpha value is -2.13. The molecule has 1 N–H and O–H groups in total. The number of likely N-dealkylation sites (tertiary alicyclic amines) is 1. The number of amides is 1. The Morgan fingerprint density at radius 3 is 2.56 bits per heavy atom. The van der Waals surface area contributed by atoms with Crippen LogP contribution in [0.4, 0.5) is 0 Å². The second kappa shape index (κ2) is 7.47. The number of hydrogen-bond acceptors (Lipinski definition) is 5. The number of hydrogen-bond donors (Lipinski definition) is 1. The first-order valence-electron chi connectivity index (χ1n) is 9.10. The van der Waals surface area contributed by atoms with Crippen molar-refractivity contribution >= 4 is 27.0 Å². The highest BCUT2D eigenvalue weighted by atomic mass is 32.2. The molecule has 3 rings (SSSR count). The fourth-order valence-corrected chi connectivity index (χ4v) is 4.58. The summed E-state index contributed by atoms with van der Waals surface area (Å²) in [5.41, 5.74) is 0.697. The molecule has 1 aliphatic rings. The maximum atomic E-state index is 12.9. The number of carbonyl (C=O) groups is 1. The van der Waals surface area contributed by atoms with Gasteiger partial charge in [0.25, 0.3) is 0 Å². The van der Waals surface area contributed by atoms with E-state index < -0.39 is 21.8 Å². The molecule has 1 aromatic carbocycles. The van der Waals surface area contributed by atoms with Gasteiger partial charge in [0.2, 0.25) is 15.9 Å². The smallest absolute Gasteiger partial charge is 0.408 e. The van der Waals surface area contributed by atoms with Gasteiger partial charge in [-0.15, -0.1) is 0 Å². The van der Waals surface area contributed by atoms with E-state index in [1.807, 2.05) is 13.8 Å². The van der Waals surface area contributed by atoms with E-state index in [9.17, 15) is 18.0 Å². The molecule has 1 unspecified atom stereocenters. The van der Waals surface area contributed by atoms with E-state index in [4.69, 9.17) is 4.42 Å². The summed E-state index contributed by atoms with van der Waals surface area (Å²) >= 11 is 0. The number of aryl methyl sites for hydroxylation is 1. The molecule has 1 aliphatic heterocycles. The van der Waals surface area contributed by atoms with E-state index in [1.165, 1.54) is 22.8 Å². The highest BCUT2D eigenvalue weighted by Crippen LogP contribution is 2.20. The van der Waals surface area contributed by atoms with Gasteiger partial charge in [-0.2, -0.15) is 4.72 Å². The highest BCUT2D eigenvalue weighted by Gasteiger charge is 2.31. The van der Waals surface area contributed by atoms with Gasteiger partial charge in [-0.3, -0.25) is 9.36 Å². The van der Waals surface area contributed by atoms with Crippen LogP contribution in [-0.2, 0) is 21.9 Å². The van der Waals surface area contributed by atoms with Gasteiger partial charge in [-0.25, -0.2) is 13.2 Å². The van der Waals surface area contributed by atoms with Gasteiger partial charge >= 0.3 is 5.76 Å². The quantitative estimate of drug-likeness (QED) is 0.798. The van der Waals surface area contributed by atoms with Crippen LogP contribution in [0.2, 0.25) is 0 Å². The molecule has 2 aromatic rings. The van der Waals surface area contributed by atoms with Gasteiger partial charge in [-0.1, -0.05) is 13.8 Å². The Kier molecular flexibility index (Phi) is 5.43. The molecule has 27 heavy (non-hydrogen) atoms. The Labute approximate surface area is 158 Å². The number of benzene rings is 1. The van der Waals surface area contributed by atoms with Crippen LogP contribution < -0.4 is 10.5 Å². The fourth-order valence-electron chi connectivity index (χ4n) is 3.37. The van der Waals surface area contributed by atoms with Crippen molar-refractivity contribution in [3.05, 3.63) is 28.7 Å². The van der Waals surface area contributed by atoms with Crippen LogP contribution >= 0.6 is 0 Å². The third-order valence-electron chi connectivity index (χ3n) is 4.79. The number of oxazole rings is 1. The largest absolute Gasteiger partial charge is 0.419 e. The zero-order chi connectivity index (χ0) is 19.8. The zero-order valence-corrected chi connectivity index (χ0v) is 16.6. The van der Waals surface area contributed by atoms with Gasteiger partial charge in [0.05, 0.1) is 10.4 Å². The maximum Gasteiger partial charge on any atom is 0.419 e. The summed E-state index contributed by atoms with van der Waals surface area (Å²) in [5, 5.41) is 0. The SMILES string of the molecule is CC(C)CC(NS(=O)(=O)c1ccc2c(c1)oc(=O)n2C)C(=O)N1CCCC1. The van der Waals surface area contributed by atoms with Crippen LogP contribution in [0.15, 0.2) is 32.3 Å². The molecular weight excluding hydrogens is 370 g/mol. The summed E-state index contributed by atoms with van der Waals surface area (Å²) in [6.45, 7) is 5.22. The van der Waals surface area contributed by atoms with Crippen LogP contribution in [0.1, 0.15) is 33.1 Å². The summed E-state index contributed by atoms with van der Waals surface area (Å²) in [6, 6.07) is 3.43. The highest BCUT2D eigenvalue weighted by molar-refractivity contribution is 7.89. The summed E-state index contributed by atoms with van der Waals surface area (Å²) in [5.74, 6) is -0.592. The molecule has 1 atom stereocenters. The van der Waals surface area contributed by atoms with E-state index in [0.29, 0.717) is 25.0 Å². The average Bonchev–Trinajstić information content (AvgIpc) is 3.22. The molecule has 0 spiro atoms. The molecule has 1 saturated heterocycles. The van der Waals surface area contributed by atoms with Crippen molar-refractivity contribution in [3.8, 4) is 0 Å². The zero-order valence-electron chi connectivity index (χ0n) is 15.8. The average molecular weight is 395 g/mol. The van der Waals surface area contributed by atoms with Gasteiger partial charge in [0, 0.05) is 26.2 Å². The van der Waals surface area contributed by atoms with Crippen LogP contribution in [0.25, 0.3) is 11.1 Å². The number of carbonyl (C=O) groups excluding carboxylic acids is 1. The van der Waals surface area contributed by atoms with E-state index >= 15 is 0 Å². The van der Waals surface area contributed by atoms with E-state index in [2.05, 4.69) is 4.72 Å². The van der Waals surface area contributed by atoms with Crippen molar-refractivity contribution in [2.75, 3.05) is 13.1 Å². The number of nitrogens with zero attached hydrogens (tertiary/aromatic N) is 2. The minimum absolute atomic E-state index is 0.0349. The number of sulfonamides is 1. The third kappa shape index (κ3) is 4.08. The summed E-state index contributed by atoms with van der Waals surface area (Å²) in [7, 11) is -2.39. The van der Waals surface area contributed by atoms with E-state index in [-0.39, 0.29) is 22.3 Å². The summed E-state index contributed by atoms with van der Waals surface area (Å²) in [4.78, 5) is 26.1. The molecule has 0 radical (unpaired) electrons. The maximum absolute atomic E-state index is 12.9. The van der Waals surface area contributed by atoms with Crippen molar-refractivity contribution in [1.82, 2.24) is 14.2 Å². The Bertz CT molecular complexity index is 1000. The minimum atomic E-state index is -3.94. The number of aromatic nitrogens is 1. The normalized spacial score (nSPS) is 16.4. The molecule has 0 aliphatic carbocycles. The predicted molar refractivity (Wildman–Crippen MR) is 101 cm³/mol. The standard InChI is InChI=1S/C18H25N3O5S/c1-12(2)10-14(17(22)21-8-4-5-9-21)19-27(24,25)13-6-7-15-16(11-13)26-18(23)20(15)3/h6-7,11-12,14,19H,4-5,8-10H2,1-3H3. The molecule has 0 saturated carbocycles. The lowest BCUT2D eigenvalue weighted by Gasteiger charge is -2.25. The fraction of sp³-hybridized carbons (Fsp3) is 0.556. The number of fused-ring (bicyclic) bond motifs is 1. The first-order chi connectivity index (χ1) is 12.7. The summed E-state index contributed by atoms with van der Waals surface area (Å²) < 4.78 is 34.7. The van der Waals surface area contributed by atoms with Crippen molar-refractivity contribution in [1.29, 1.82) is 0 Å². The molecule has 0 bridgehead atoms. The van der Waals surface area contributed by atoms with Crippen LogP contribution in [0.5, 0.6) is 0 Å². The Morgan fingerprint density at radius 2 is 1.93 bits per heavy atom. The van der Waals surface area contributed by atoms with Crippen molar-refractivity contribution < 1.29 is 17.6 Å². The lowest BCUT2D eigenvalue weighted by molar-refractivity contribution is -0.132. The van der Waals surface area contributed by atoms with Gasteiger partial charge in [0.1, 0.15) is 6.04 Å². The van der Waals surface area contributed by atoms with Crippen LogP contribution in [0.3, 0.4) is 0 Å². The lowest BCUT2D eigenvalue weighted by atomic mass is 10.0. The molecule has 1 aromatic heterocycles. The molecule has 148 valence electrons. The van der Waals surface area contributed by atoms with Gasteiger partial charge in [-0.05, 0) is 37.3 Å². The minimum Gasteiger partial charge on any atom is -0.408 e. The lowest BCUT2D eigenvalue weighted by Crippen LogP contribution is -2.48. The van der Waals surface area contributed by atoms with Crippen molar-refractivity contribution in [3.63, 3.8) is 0 Å². The second-order valence-electron chi connectivity index (χ2n) is 7.39. The monoisotopic (exact) mass is 395 g/mol. The molecule has 9 heteroatoms. The number of nitrogens with one attached hydrogen (secondary N) is 1. The summed E-state index contributed by atoms with van der Waals surface area (Å²) in [6.07, 6.45) is 2.30. The molecule has 1 amide bonds. The van der Waals surface area contributed by atoms with Crippen molar-refractivity contribution in [2.24, 2.45) is 13.0 Å². The first kappa shape index (κ1) is 19.6. The predicted octanol–water partition coefficient (Wildman–Crippen LogP) is 1.45. The number of rotatable bonds is 6. The van der Waals surface area contributed by atoms with E-state index in [0.717, 1.165) is 12.8 Å². The van der Waals surface area contributed by atoms with Crippen LogP contribution in [0, 0.1) is 5.92 Å². The second-order valence-corrected chi connectivity index (χ2v) is 9.11. The van der Waals surface area contributed by atoms with E-state index in [1.54, 1.807) is 11.9 Å². The van der Waals surface area contributed by atoms with Crippen molar-refractivity contribution in [2.45, 2.75) is 44.0 Å². The Morgan fingerprint density at radius 1 is 1.26 bits per heavy atom. The molecule has 2 heterocycles.